The summed E-state index contributed by atoms with van der Waals surface area (Å²) in [5.74, 6) is 0.702. The van der Waals surface area contributed by atoms with E-state index in [1.807, 2.05) is 54.6 Å². The summed E-state index contributed by atoms with van der Waals surface area (Å²) in [6.07, 6.45) is 0.809. The highest BCUT2D eigenvalue weighted by Gasteiger charge is 2.28. The first kappa shape index (κ1) is 23.5. The molecule has 2 aromatic heterocycles. The zero-order valence-electron chi connectivity index (χ0n) is 20.4. The molecule has 188 valence electrons. The Morgan fingerprint density at radius 3 is 2.61 bits per heavy atom. The first-order valence-corrected chi connectivity index (χ1v) is 12.3. The van der Waals surface area contributed by atoms with E-state index < -0.39 is 6.17 Å². The van der Waals surface area contributed by atoms with Crippen molar-refractivity contribution >= 4 is 23.3 Å². The average Bonchev–Trinajstić information content (AvgIpc) is 3.39. The quantitative estimate of drug-likeness (QED) is 0.434. The van der Waals surface area contributed by atoms with Crippen LogP contribution in [0.4, 0.5) is 11.8 Å². The standard InChI is InChI=1S/C28H23N7O3/c29-16-18-14-22(26(30-17-18)35-10-12-37-13-11-35)27-33-34-28(38-27)32-25-23(36)15-20-8-4-5-9-21(20)24(31-25)19-6-2-1-3-7-19/h1-9,14,17,25H,10-13,15H2,(H,32,34)/t25-/m1/s1. The predicted molar refractivity (Wildman–Crippen MR) is 140 cm³/mol. The third-order valence-electron chi connectivity index (χ3n) is 6.47. The lowest BCUT2D eigenvalue weighted by molar-refractivity contribution is -0.119. The zero-order chi connectivity index (χ0) is 25.9. The molecule has 4 aromatic rings. The van der Waals surface area contributed by atoms with E-state index in [0.717, 1.165) is 16.7 Å². The maximum absolute atomic E-state index is 13.3. The lowest BCUT2D eigenvalue weighted by Gasteiger charge is -2.28. The molecule has 2 aliphatic rings. The van der Waals surface area contributed by atoms with Gasteiger partial charge < -0.3 is 19.4 Å². The second kappa shape index (κ2) is 10.2. The van der Waals surface area contributed by atoms with Gasteiger partial charge in [0.05, 0.1) is 30.1 Å². The fraction of sp³-hybridized carbons (Fsp3) is 0.214. The van der Waals surface area contributed by atoms with Gasteiger partial charge in [-0.05, 0) is 11.6 Å². The first-order valence-electron chi connectivity index (χ1n) is 12.3. The van der Waals surface area contributed by atoms with Gasteiger partial charge in [0.25, 0.3) is 5.89 Å². The molecule has 2 aromatic carbocycles. The number of nitrogens with one attached hydrogen (secondary N) is 1. The number of nitriles is 1. The van der Waals surface area contributed by atoms with Crippen LogP contribution in [0.5, 0.6) is 0 Å². The Kier molecular flexibility index (Phi) is 6.34. The normalized spacial score (nSPS) is 17.2. The van der Waals surface area contributed by atoms with E-state index in [0.29, 0.717) is 49.0 Å². The number of carbonyl (C=O) groups excluding carboxylic acids is 1. The molecule has 0 amide bonds. The molecule has 0 saturated carbocycles. The highest BCUT2D eigenvalue weighted by molar-refractivity contribution is 6.16. The van der Waals surface area contributed by atoms with Crippen molar-refractivity contribution in [2.75, 3.05) is 36.5 Å². The Labute approximate surface area is 218 Å². The molecule has 4 heterocycles. The highest BCUT2D eigenvalue weighted by Crippen LogP contribution is 2.31. The van der Waals surface area contributed by atoms with E-state index in [-0.39, 0.29) is 24.1 Å². The minimum atomic E-state index is -0.923. The number of Topliss-reactive ketones (excluding diaryl/α,β-unsaturated/α-hetero) is 1. The summed E-state index contributed by atoms with van der Waals surface area (Å²) in [5, 5.41) is 20.8. The molecular weight excluding hydrogens is 482 g/mol. The Balaban J connectivity index is 1.34. The number of ether oxygens (including phenoxy) is 1. The third-order valence-corrected chi connectivity index (χ3v) is 6.47. The minimum Gasteiger partial charge on any atom is -0.403 e. The number of benzene rings is 2. The Morgan fingerprint density at radius 2 is 1.79 bits per heavy atom. The number of hydrogen-bond acceptors (Lipinski definition) is 10. The zero-order valence-corrected chi connectivity index (χ0v) is 20.4. The molecule has 1 N–H and O–H groups in total. The number of aliphatic imine (C=N–C) groups is 1. The van der Waals surface area contributed by atoms with Crippen molar-refractivity contribution in [3.63, 3.8) is 0 Å². The lowest BCUT2D eigenvalue weighted by Crippen LogP contribution is -2.37. The maximum atomic E-state index is 13.3. The molecule has 10 heteroatoms. The summed E-state index contributed by atoms with van der Waals surface area (Å²) >= 11 is 0. The summed E-state index contributed by atoms with van der Waals surface area (Å²) in [5.41, 5.74) is 4.35. The number of carbonyl (C=O) groups is 1. The Bertz CT molecular complexity index is 1550. The van der Waals surface area contributed by atoms with Crippen molar-refractivity contribution in [3.8, 4) is 17.5 Å². The smallest absolute Gasteiger partial charge is 0.317 e. The van der Waals surface area contributed by atoms with Crippen LogP contribution in [0.25, 0.3) is 11.5 Å². The van der Waals surface area contributed by atoms with E-state index in [4.69, 9.17) is 14.1 Å². The summed E-state index contributed by atoms with van der Waals surface area (Å²) in [4.78, 5) is 24.6. The second-order valence-corrected chi connectivity index (χ2v) is 8.91. The van der Waals surface area contributed by atoms with E-state index in [1.165, 1.54) is 6.20 Å². The minimum absolute atomic E-state index is 0.0516. The van der Waals surface area contributed by atoms with Crippen molar-refractivity contribution in [2.45, 2.75) is 12.6 Å². The van der Waals surface area contributed by atoms with Gasteiger partial charge in [-0.3, -0.25) is 9.79 Å². The molecule has 1 saturated heterocycles. The van der Waals surface area contributed by atoms with Gasteiger partial charge in [0.1, 0.15) is 11.9 Å². The largest absolute Gasteiger partial charge is 0.403 e. The van der Waals surface area contributed by atoms with Crippen molar-refractivity contribution in [3.05, 3.63) is 89.1 Å². The third kappa shape index (κ3) is 4.63. The number of rotatable bonds is 5. The summed E-state index contributed by atoms with van der Waals surface area (Å²) in [6.45, 7) is 2.45. The molecule has 38 heavy (non-hydrogen) atoms. The lowest BCUT2D eigenvalue weighted by atomic mass is 9.96. The van der Waals surface area contributed by atoms with Crippen LogP contribution in [0, 0.1) is 11.3 Å². The monoisotopic (exact) mass is 505 g/mol. The van der Waals surface area contributed by atoms with Gasteiger partial charge in [0, 0.05) is 36.8 Å². The number of ketones is 1. The van der Waals surface area contributed by atoms with Crippen LogP contribution >= 0.6 is 0 Å². The highest BCUT2D eigenvalue weighted by atomic mass is 16.5. The molecule has 2 aliphatic heterocycles. The van der Waals surface area contributed by atoms with Crippen LogP contribution in [0.3, 0.4) is 0 Å². The SMILES string of the molecule is N#Cc1cnc(N2CCOCC2)c(-c2nnc(N[C@H]3N=C(c4ccccc4)c4ccccc4CC3=O)o2)c1. The fourth-order valence-electron chi connectivity index (χ4n) is 4.61. The number of nitrogens with zero attached hydrogens (tertiary/aromatic N) is 6. The molecule has 1 fully saturated rings. The van der Waals surface area contributed by atoms with Crippen molar-refractivity contribution in [1.82, 2.24) is 15.2 Å². The second-order valence-electron chi connectivity index (χ2n) is 8.91. The van der Waals surface area contributed by atoms with Gasteiger partial charge >= 0.3 is 6.01 Å². The van der Waals surface area contributed by atoms with Gasteiger partial charge in [0.2, 0.25) is 0 Å². The molecule has 6 rings (SSSR count). The molecular formula is C28H23N7O3. The Hall–Kier alpha value is -4.88. The number of fused-ring (bicyclic) bond motifs is 1. The number of morpholine rings is 1. The number of hydrogen-bond donors (Lipinski definition) is 1. The maximum Gasteiger partial charge on any atom is 0.317 e. The fourth-order valence-corrected chi connectivity index (χ4v) is 4.61. The van der Waals surface area contributed by atoms with Gasteiger partial charge in [-0.15, -0.1) is 5.10 Å². The average molecular weight is 506 g/mol. The summed E-state index contributed by atoms with van der Waals surface area (Å²) in [6, 6.07) is 21.4. The van der Waals surface area contributed by atoms with Crippen LogP contribution in [-0.2, 0) is 16.0 Å². The van der Waals surface area contributed by atoms with Crippen molar-refractivity contribution < 1.29 is 13.9 Å². The van der Waals surface area contributed by atoms with Crippen LogP contribution in [-0.4, -0.2) is 59.1 Å². The topological polar surface area (TPSA) is 130 Å². The molecule has 1 atom stereocenters. The summed E-state index contributed by atoms with van der Waals surface area (Å²) in [7, 11) is 0. The van der Waals surface area contributed by atoms with Gasteiger partial charge in [-0.1, -0.05) is 59.7 Å². The molecule has 0 bridgehead atoms. The molecule has 10 nitrogen and oxygen atoms in total. The van der Waals surface area contributed by atoms with Gasteiger partial charge in [0.15, 0.2) is 11.9 Å². The van der Waals surface area contributed by atoms with Gasteiger partial charge in [-0.25, -0.2) is 4.98 Å². The van der Waals surface area contributed by atoms with Crippen LogP contribution in [0.15, 0.2) is 76.3 Å². The first-order chi connectivity index (χ1) is 18.7. The number of pyridine rings is 1. The van der Waals surface area contributed by atoms with Gasteiger partial charge in [-0.2, -0.15) is 5.26 Å². The molecule has 0 radical (unpaired) electrons. The van der Waals surface area contributed by atoms with E-state index in [2.05, 4.69) is 31.5 Å². The Morgan fingerprint density at radius 1 is 1.00 bits per heavy atom. The van der Waals surface area contributed by atoms with E-state index >= 15 is 0 Å². The summed E-state index contributed by atoms with van der Waals surface area (Å²) < 4.78 is 11.4. The number of anilines is 2. The molecule has 0 unspecified atom stereocenters. The molecule has 0 aliphatic carbocycles. The van der Waals surface area contributed by atoms with E-state index in [1.54, 1.807) is 6.07 Å². The number of aromatic nitrogens is 3. The van der Waals surface area contributed by atoms with Crippen molar-refractivity contribution in [1.29, 1.82) is 5.26 Å². The predicted octanol–water partition coefficient (Wildman–Crippen LogP) is 3.24. The van der Waals surface area contributed by atoms with E-state index in [9.17, 15) is 10.1 Å². The van der Waals surface area contributed by atoms with Crippen LogP contribution in [0.1, 0.15) is 22.3 Å². The molecule has 0 spiro atoms. The van der Waals surface area contributed by atoms with Crippen molar-refractivity contribution in [2.24, 2.45) is 4.99 Å². The van der Waals surface area contributed by atoms with Crippen LogP contribution in [0.2, 0.25) is 0 Å². The van der Waals surface area contributed by atoms with Crippen LogP contribution < -0.4 is 10.2 Å².